The van der Waals surface area contributed by atoms with E-state index in [9.17, 15) is 4.79 Å². The van der Waals surface area contributed by atoms with Gasteiger partial charge in [-0.25, -0.2) is 0 Å². The van der Waals surface area contributed by atoms with Crippen LogP contribution in [0.3, 0.4) is 0 Å². The summed E-state index contributed by atoms with van der Waals surface area (Å²) in [4.78, 5) is 23.1. The van der Waals surface area contributed by atoms with Crippen LogP contribution < -0.4 is 0 Å². The highest BCUT2D eigenvalue weighted by Crippen LogP contribution is 2.36. The van der Waals surface area contributed by atoms with Crippen molar-refractivity contribution in [1.82, 2.24) is 14.9 Å². The Labute approximate surface area is 107 Å². The molecule has 18 heavy (non-hydrogen) atoms. The fraction of sp³-hybridized carbons (Fsp3) is 0.643. The number of likely N-dealkylation sites (tertiary alicyclic amines) is 1. The summed E-state index contributed by atoms with van der Waals surface area (Å²) in [5, 5.41) is 0. The fourth-order valence-electron chi connectivity index (χ4n) is 2.87. The van der Waals surface area contributed by atoms with Crippen molar-refractivity contribution in [3.05, 3.63) is 23.8 Å². The number of carbonyl (C=O) groups is 1. The standard InChI is InChI=1S/C14H19N3O/c1-10-8-15-9-12(16-10)13-6-3-7-17(13)14(18)11-4-2-5-11/h8-9,11,13H,2-7H2,1H3/t13-/m0/s1. The Morgan fingerprint density at radius 1 is 1.28 bits per heavy atom. The highest BCUT2D eigenvalue weighted by atomic mass is 16.2. The summed E-state index contributed by atoms with van der Waals surface area (Å²) in [5.74, 6) is 0.621. The smallest absolute Gasteiger partial charge is 0.226 e. The maximum absolute atomic E-state index is 12.4. The summed E-state index contributed by atoms with van der Waals surface area (Å²) in [6, 6.07) is 0.158. The maximum Gasteiger partial charge on any atom is 0.226 e. The third-order valence-corrected chi connectivity index (χ3v) is 4.11. The summed E-state index contributed by atoms with van der Waals surface area (Å²) in [6.07, 6.45) is 9.03. The van der Waals surface area contributed by atoms with Gasteiger partial charge in [-0.05, 0) is 32.6 Å². The summed E-state index contributed by atoms with van der Waals surface area (Å²) >= 11 is 0. The second kappa shape index (κ2) is 4.67. The maximum atomic E-state index is 12.4. The van der Waals surface area contributed by atoms with E-state index >= 15 is 0 Å². The third-order valence-electron chi connectivity index (χ3n) is 4.11. The van der Waals surface area contributed by atoms with E-state index in [2.05, 4.69) is 9.97 Å². The van der Waals surface area contributed by atoms with Crippen LogP contribution in [0.4, 0.5) is 0 Å². The van der Waals surface area contributed by atoms with Crippen molar-refractivity contribution >= 4 is 5.91 Å². The number of aryl methyl sites for hydroxylation is 1. The number of amides is 1. The summed E-state index contributed by atoms with van der Waals surface area (Å²) in [6.45, 7) is 2.83. The molecule has 1 aromatic rings. The van der Waals surface area contributed by atoms with E-state index in [1.54, 1.807) is 6.20 Å². The largest absolute Gasteiger partial charge is 0.334 e. The second-order valence-electron chi connectivity index (χ2n) is 5.40. The van der Waals surface area contributed by atoms with Crippen molar-refractivity contribution in [2.24, 2.45) is 5.92 Å². The van der Waals surface area contributed by atoms with Gasteiger partial charge < -0.3 is 4.90 Å². The zero-order valence-corrected chi connectivity index (χ0v) is 10.8. The van der Waals surface area contributed by atoms with E-state index in [0.29, 0.717) is 5.91 Å². The number of carbonyl (C=O) groups excluding carboxylic acids is 1. The minimum atomic E-state index is 0.158. The van der Waals surface area contributed by atoms with Gasteiger partial charge in [0.1, 0.15) is 0 Å². The molecule has 0 radical (unpaired) electrons. The number of rotatable bonds is 2. The predicted octanol–water partition coefficient (Wildman–Crippen LogP) is 2.25. The van der Waals surface area contributed by atoms with Crippen LogP contribution in [0, 0.1) is 12.8 Å². The molecule has 0 bridgehead atoms. The van der Waals surface area contributed by atoms with Crippen LogP contribution in [-0.2, 0) is 4.79 Å². The average molecular weight is 245 g/mol. The van der Waals surface area contributed by atoms with Gasteiger partial charge in [0, 0.05) is 18.7 Å². The normalized spacial score (nSPS) is 24.1. The minimum absolute atomic E-state index is 0.158. The Morgan fingerprint density at radius 2 is 2.11 bits per heavy atom. The van der Waals surface area contributed by atoms with Gasteiger partial charge in [0.25, 0.3) is 0 Å². The molecule has 2 heterocycles. The molecule has 1 aliphatic carbocycles. The Kier molecular flexibility index (Phi) is 3.02. The molecular formula is C14H19N3O. The molecule has 2 fully saturated rings. The first-order valence-corrected chi connectivity index (χ1v) is 6.85. The molecule has 96 valence electrons. The van der Waals surface area contributed by atoms with Crippen molar-refractivity contribution in [3.8, 4) is 0 Å². The topological polar surface area (TPSA) is 46.1 Å². The molecule has 4 nitrogen and oxygen atoms in total. The number of hydrogen-bond donors (Lipinski definition) is 0. The summed E-state index contributed by atoms with van der Waals surface area (Å²) < 4.78 is 0. The molecule has 0 N–H and O–H groups in total. The molecule has 1 saturated heterocycles. The predicted molar refractivity (Wildman–Crippen MR) is 67.8 cm³/mol. The van der Waals surface area contributed by atoms with Crippen LogP contribution in [0.2, 0.25) is 0 Å². The lowest BCUT2D eigenvalue weighted by atomic mass is 9.84. The molecular weight excluding hydrogens is 226 g/mol. The van der Waals surface area contributed by atoms with E-state index < -0.39 is 0 Å². The van der Waals surface area contributed by atoms with Crippen molar-refractivity contribution in [2.45, 2.75) is 45.1 Å². The lowest BCUT2D eigenvalue weighted by Gasteiger charge is -2.32. The first-order chi connectivity index (χ1) is 8.75. The SMILES string of the molecule is Cc1cncc([C@@H]2CCCN2C(=O)C2CCC2)n1. The molecule has 1 saturated carbocycles. The Bertz CT molecular complexity index is 456. The molecule has 4 heteroatoms. The molecule has 1 amide bonds. The Hall–Kier alpha value is -1.45. The highest BCUT2D eigenvalue weighted by molar-refractivity contribution is 5.80. The van der Waals surface area contributed by atoms with Crippen LogP contribution in [0.25, 0.3) is 0 Å². The van der Waals surface area contributed by atoms with Crippen molar-refractivity contribution < 1.29 is 4.79 Å². The Balaban J connectivity index is 1.80. The first-order valence-electron chi connectivity index (χ1n) is 6.85. The number of nitrogens with zero attached hydrogens (tertiary/aromatic N) is 3. The monoisotopic (exact) mass is 245 g/mol. The Morgan fingerprint density at radius 3 is 2.78 bits per heavy atom. The number of aromatic nitrogens is 2. The summed E-state index contributed by atoms with van der Waals surface area (Å²) in [5.41, 5.74) is 1.88. The van der Waals surface area contributed by atoms with Crippen molar-refractivity contribution in [3.63, 3.8) is 0 Å². The van der Waals surface area contributed by atoms with Gasteiger partial charge in [-0.2, -0.15) is 0 Å². The van der Waals surface area contributed by atoms with E-state index in [1.807, 2.05) is 18.0 Å². The lowest BCUT2D eigenvalue weighted by molar-refractivity contribution is -0.139. The first kappa shape index (κ1) is 11.6. The quantitative estimate of drug-likeness (QED) is 0.802. The van der Waals surface area contributed by atoms with E-state index in [0.717, 1.165) is 43.6 Å². The van der Waals surface area contributed by atoms with E-state index in [4.69, 9.17) is 0 Å². The highest BCUT2D eigenvalue weighted by Gasteiger charge is 2.36. The average Bonchev–Trinajstić information content (AvgIpc) is 2.75. The van der Waals surface area contributed by atoms with Gasteiger partial charge in [0.2, 0.25) is 5.91 Å². The van der Waals surface area contributed by atoms with Gasteiger partial charge in [0.05, 0.1) is 23.6 Å². The molecule has 0 spiro atoms. The van der Waals surface area contributed by atoms with Crippen LogP contribution >= 0.6 is 0 Å². The zero-order chi connectivity index (χ0) is 12.5. The minimum Gasteiger partial charge on any atom is -0.334 e. The van der Waals surface area contributed by atoms with Crippen LogP contribution in [-0.4, -0.2) is 27.3 Å². The molecule has 1 aliphatic heterocycles. The summed E-state index contributed by atoms with van der Waals surface area (Å²) in [7, 11) is 0. The molecule has 2 aliphatic rings. The number of hydrogen-bond acceptors (Lipinski definition) is 3. The molecule has 1 atom stereocenters. The van der Waals surface area contributed by atoms with Gasteiger partial charge in [-0.15, -0.1) is 0 Å². The van der Waals surface area contributed by atoms with Crippen molar-refractivity contribution in [1.29, 1.82) is 0 Å². The van der Waals surface area contributed by atoms with Crippen LogP contribution in [0.5, 0.6) is 0 Å². The zero-order valence-electron chi connectivity index (χ0n) is 10.8. The van der Waals surface area contributed by atoms with E-state index in [1.165, 1.54) is 6.42 Å². The molecule has 0 aromatic carbocycles. The van der Waals surface area contributed by atoms with Gasteiger partial charge in [0.15, 0.2) is 0 Å². The molecule has 0 unspecified atom stereocenters. The third kappa shape index (κ3) is 2.00. The van der Waals surface area contributed by atoms with Gasteiger partial charge in [-0.1, -0.05) is 6.42 Å². The fourth-order valence-corrected chi connectivity index (χ4v) is 2.87. The van der Waals surface area contributed by atoms with Gasteiger partial charge >= 0.3 is 0 Å². The second-order valence-corrected chi connectivity index (χ2v) is 5.40. The van der Waals surface area contributed by atoms with E-state index in [-0.39, 0.29) is 12.0 Å². The lowest BCUT2D eigenvalue weighted by Crippen LogP contribution is -2.38. The van der Waals surface area contributed by atoms with Crippen LogP contribution in [0.15, 0.2) is 12.4 Å². The van der Waals surface area contributed by atoms with Crippen molar-refractivity contribution in [2.75, 3.05) is 6.54 Å². The van der Waals surface area contributed by atoms with Gasteiger partial charge in [-0.3, -0.25) is 14.8 Å². The molecule has 3 rings (SSSR count). The van der Waals surface area contributed by atoms with Crippen LogP contribution in [0.1, 0.15) is 49.5 Å². The molecule has 1 aromatic heterocycles.